The maximum atomic E-state index is 13.4. The largest absolute Gasteiger partial charge is 0.463 e. The first-order valence-electron chi connectivity index (χ1n) is 9.65. The molecule has 9 heteroatoms. The third-order valence-electron chi connectivity index (χ3n) is 4.84. The van der Waals surface area contributed by atoms with Gasteiger partial charge in [-0.25, -0.2) is 17.6 Å². The van der Waals surface area contributed by atoms with E-state index in [0.717, 1.165) is 4.31 Å². The van der Waals surface area contributed by atoms with Gasteiger partial charge >= 0.3 is 5.97 Å². The summed E-state index contributed by atoms with van der Waals surface area (Å²) in [7, 11) is -2.81. The first-order valence-corrected chi connectivity index (χ1v) is 11.1. The van der Waals surface area contributed by atoms with Crippen LogP contribution >= 0.6 is 0 Å². The number of carbonyl (C=O) groups is 2. The van der Waals surface area contributed by atoms with Crippen LogP contribution in [0, 0.1) is 12.7 Å². The Kier molecular flexibility index (Phi) is 6.90. The van der Waals surface area contributed by atoms with E-state index in [2.05, 4.69) is 4.74 Å². The van der Waals surface area contributed by atoms with Crippen LogP contribution in [0.25, 0.3) is 0 Å². The van der Waals surface area contributed by atoms with Gasteiger partial charge in [-0.1, -0.05) is 24.3 Å². The molecule has 0 radical (unpaired) electrons. The summed E-state index contributed by atoms with van der Waals surface area (Å²) in [4.78, 5) is 23.4. The minimum absolute atomic E-state index is 0.00700. The summed E-state index contributed by atoms with van der Waals surface area (Å²) in [5.74, 6) is -1.05. The average Bonchev–Trinajstić information content (AvgIpc) is 3.14. The number of rotatable bonds is 8. The zero-order valence-corrected chi connectivity index (χ0v) is 18.6. The fourth-order valence-electron chi connectivity index (χ4n) is 3.13. The van der Waals surface area contributed by atoms with E-state index in [4.69, 9.17) is 4.42 Å². The summed E-state index contributed by atoms with van der Waals surface area (Å²) in [6.45, 7) is 2.80. The van der Waals surface area contributed by atoms with Crippen molar-refractivity contribution >= 4 is 21.8 Å². The number of esters is 1. The lowest BCUT2D eigenvalue weighted by Gasteiger charge is -2.21. The number of methoxy groups -OCH3 is 1. The number of hydrogen-bond donors (Lipinski definition) is 0. The van der Waals surface area contributed by atoms with Crippen LogP contribution in [0.1, 0.15) is 44.7 Å². The van der Waals surface area contributed by atoms with Gasteiger partial charge in [-0.3, -0.25) is 4.79 Å². The molecule has 2 aromatic carbocycles. The molecule has 32 heavy (non-hydrogen) atoms. The van der Waals surface area contributed by atoms with Crippen LogP contribution in [-0.4, -0.2) is 31.6 Å². The van der Waals surface area contributed by atoms with E-state index in [9.17, 15) is 22.4 Å². The number of carbonyl (C=O) groups excluding carboxylic acids is 2. The molecule has 168 valence electrons. The Labute approximate surface area is 185 Å². The quantitative estimate of drug-likeness (QED) is 0.372. The van der Waals surface area contributed by atoms with Gasteiger partial charge in [-0.05, 0) is 49.7 Å². The number of nitrogens with zero attached hydrogens (tertiary/aromatic N) is 1. The van der Waals surface area contributed by atoms with Gasteiger partial charge < -0.3 is 9.15 Å². The van der Waals surface area contributed by atoms with E-state index in [1.165, 1.54) is 62.6 Å². The van der Waals surface area contributed by atoms with Crippen LogP contribution in [0.15, 0.2) is 63.9 Å². The van der Waals surface area contributed by atoms with E-state index in [1.807, 2.05) is 0 Å². The molecule has 0 spiro atoms. The van der Waals surface area contributed by atoms with Crippen LogP contribution in [0.2, 0.25) is 0 Å². The van der Waals surface area contributed by atoms with E-state index >= 15 is 0 Å². The van der Waals surface area contributed by atoms with Gasteiger partial charge in [0.05, 0.1) is 18.6 Å². The normalized spacial score (nSPS) is 11.5. The predicted octanol–water partition coefficient (Wildman–Crippen LogP) is 4.11. The number of hydrogen-bond acceptors (Lipinski definition) is 6. The molecule has 0 amide bonds. The topological polar surface area (TPSA) is 93.9 Å². The van der Waals surface area contributed by atoms with Crippen molar-refractivity contribution in [3.05, 3.63) is 88.6 Å². The molecule has 0 unspecified atom stereocenters. The number of sulfonamides is 1. The van der Waals surface area contributed by atoms with Gasteiger partial charge in [0.15, 0.2) is 5.78 Å². The second-order valence-corrected chi connectivity index (χ2v) is 9.13. The molecule has 1 heterocycles. The minimum atomic E-state index is -4.03. The lowest BCUT2D eigenvalue weighted by molar-refractivity contribution is 0.0561. The number of aryl methyl sites for hydroxylation is 1. The van der Waals surface area contributed by atoms with E-state index in [0.29, 0.717) is 16.7 Å². The van der Waals surface area contributed by atoms with Gasteiger partial charge in [0.2, 0.25) is 15.8 Å². The summed E-state index contributed by atoms with van der Waals surface area (Å²) in [5, 5.41) is 0. The van der Waals surface area contributed by atoms with Crippen LogP contribution in [0.4, 0.5) is 4.39 Å². The summed E-state index contributed by atoms with van der Waals surface area (Å²) in [6.07, 6.45) is 0. The van der Waals surface area contributed by atoms with Gasteiger partial charge in [-0.15, -0.1) is 0 Å². The van der Waals surface area contributed by atoms with Gasteiger partial charge in [-0.2, -0.15) is 4.31 Å². The van der Waals surface area contributed by atoms with Crippen molar-refractivity contribution in [2.75, 3.05) is 7.11 Å². The number of benzene rings is 2. The fourth-order valence-corrected chi connectivity index (χ4v) is 4.52. The second-order valence-electron chi connectivity index (χ2n) is 7.20. The van der Waals surface area contributed by atoms with Crippen LogP contribution in [0.5, 0.6) is 0 Å². The summed E-state index contributed by atoms with van der Waals surface area (Å²) < 4.78 is 51.5. The van der Waals surface area contributed by atoms with Crippen LogP contribution < -0.4 is 0 Å². The molecule has 0 fully saturated rings. The number of halogens is 1. The third kappa shape index (κ3) is 5.12. The van der Waals surface area contributed by atoms with Crippen molar-refractivity contribution in [1.29, 1.82) is 0 Å². The van der Waals surface area contributed by atoms with E-state index in [1.54, 1.807) is 13.0 Å². The maximum Gasteiger partial charge on any atom is 0.374 e. The number of ether oxygens (including phenoxy) is 1. The zero-order chi connectivity index (χ0) is 23.5. The Hall–Kier alpha value is -3.30. The predicted molar refractivity (Wildman–Crippen MR) is 114 cm³/mol. The minimum Gasteiger partial charge on any atom is -0.463 e. The van der Waals surface area contributed by atoms with E-state index in [-0.39, 0.29) is 35.3 Å². The van der Waals surface area contributed by atoms with Gasteiger partial charge in [0.1, 0.15) is 11.6 Å². The lowest BCUT2D eigenvalue weighted by Crippen LogP contribution is -2.30. The average molecular weight is 459 g/mol. The molecule has 0 aliphatic carbocycles. The first kappa shape index (κ1) is 23.4. The van der Waals surface area contributed by atoms with Crippen molar-refractivity contribution in [1.82, 2.24) is 4.31 Å². The summed E-state index contributed by atoms with van der Waals surface area (Å²) in [5.41, 5.74) is 1.46. The monoisotopic (exact) mass is 459 g/mol. The Morgan fingerprint density at radius 2 is 1.66 bits per heavy atom. The molecule has 0 aliphatic rings. The maximum absolute atomic E-state index is 13.4. The number of Topliss-reactive ketones (excluding diaryl/α,β-unsaturated/α-hetero) is 1. The molecular formula is C23H22FNO6S. The standard InChI is InChI=1S/C23H22FNO6S/c1-15-12-20(31-22(15)23(27)30-3)14-25(13-17-4-8-19(24)9-5-17)32(28,29)21-10-6-18(7-11-21)16(2)26/h4-12H,13-14H2,1-3H3. The highest BCUT2D eigenvalue weighted by atomic mass is 32.2. The molecular weight excluding hydrogens is 437 g/mol. The summed E-state index contributed by atoms with van der Waals surface area (Å²) >= 11 is 0. The fraction of sp³-hybridized carbons (Fsp3) is 0.217. The van der Waals surface area contributed by atoms with E-state index < -0.39 is 21.8 Å². The molecule has 0 bridgehead atoms. The molecule has 3 aromatic rings. The molecule has 3 rings (SSSR count). The highest BCUT2D eigenvalue weighted by Gasteiger charge is 2.27. The highest BCUT2D eigenvalue weighted by Crippen LogP contribution is 2.24. The van der Waals surface area contributed by atoms with Crippen molar-refractivity contribution in [2.24, 2.45) is 0 Å². The molecule has 0 saturated carbocycles. The molecule has 0 atom stereocenters. The van der Waals surface area contributed by atoms with Crippen molar-refractivity contribution in [2.45, 2.75) is 31.8 Å². The van der Waals surface area contributed by atoms with Crippen molar-refractivity contribution in [3.8, 4) is 0 Å². The molecule has 7 nitrogen and oxygen atoms in total. The third-order valence-corrected chi connectivity index (χ3v) is 6.65. The first-order chi connectivity index (χ1) is 15.1. The highest BCUT2D eigenvalue weighted by molar-refractivity contribution is 7.89. The molecule has 0 N–H and O–H groups in total. The van der Waals surface area contributed by atoms with Crippen molar-refractivity contribution < 1.29 is 31.6 Å². The van der Waals surface area contributed by atoms with Crippen molar-refractivity contribution in [3.63, 3.8) is 0 Å². The van der Waals surface area contributed by atoms with Gasteiger partial charge in [0.25, 0.3) is 0 Å². The Bertz CT molecular complexity index is 1230. The van der Waals surface area contributed by atoms with Gasteiger partial charge in [0, 0.05) is 17.7 Å². The Balaban J connectivity index is 1.98. The molecule has 0 saturated heterocycles. The molecule has 1 aromatic heterocycles. The number of ketones is 1. The smallest absolute Gasteiger partial charge is 0.374 e. The zero-order valence-electron chi connectivity index (χ0n) is 17.8. The number of furan rings is 1. The SMILES string of the molecule is COC(=O)c1oc(CN(Cc2ccc(F)cc2)S(=O)(=O)c2ccc(C(C)=O)cc2)cc1C. The second kappa shape index (κ2) is 9.46. The van der Waals surface area contributed by atoms with Crippen LogP contribution in [-0.2, 0) is 27.8 Å². The summed E-state index contributed by atoms with van der Waals surface area (Å²) in [6, 6.07) is 12.6. The Morgan fingerprint density at radius 1 is 1.03 bits per heavy atom. The lowest BCUT2D eigenvalue weighted by atomic mass is 10.2. The molecule has 0 aliphatic heterocycles. The van der Waals surface area contributed by atoms with Crippen LogP contribution in [0.3, 0.4) is 0 Å². The Morgan fingerprint density at radius 3 is 2.22 bits per heavy atom.